The first-order chi connectivity index (χ1) is 63.4. The van der Waals surface area contributed by atoms with Gasteiger partial charge in [-0.2, -0.15) is 0 Å². The number of aromatic hydroxyl groups is 1. The Morgan fingerprint density at radius 1 is 0.567 bits per heavy atom. The molecule has 141 heavy (non-hydrogen) atoms. The van der Waals surface area contributed by atoms with Crippen molar-refractivity contribution in [1.29, 1.82) is 0 Å². The van der Waals surface area contributed by atoms with Crippen LogP contribution in [0, 0.1) is 35.1 Å². The Hall–Kier alpha value is -5.51. The van der Waals surface area contributed by atoms with Crippen molar-refractivity contribution in [2.45, 2.75) is 112 Å². The molecule has 61 heteroatoms. The number of carbonyl (C=O) groups excluding carboxylic acids is 8. The van der Waals surface area contributed by atoms with Crippen LogP contribution in [0.3, 0.4) is 0 Å². The zero-order valence-corrected chi connectivity index (χ0v) is 92.2. The van der Waals surface area contributed by atoms with Crippen molar-refractivity contribution in [1.82, 2.24) is 15.9 Å². The minimum absolute atomic E-state index is 0. The number of nitrogens with zero attached hydrogens (tertiary/aromatic N) is 2. The fourth-order valence-corrected chi connectivity index (χ4v) is 7.80. The summed E-state index contributed by atoms with van der Waals surface area (Å²) in [5.74, 6) is -6.54. The van der Waals surface area contributed by atoms with Crippen LogP contribution in [-0.2, 0) is 136 Å². The van der Waals surface area contributed by atoms with Crippen molar-refractivity contribution in [2.75, 3.05) is 228 Å². The van der Waals surface area contributed by atoms with Crippen LogP contribution in [0.4, 0.5) is 24.0 Å². The van der Waals surface area contributed by atoms with Crippen LogP contribution in [0.2, 0.25) is 6.82 Å². The molecule has 7 atom stereocenters. The molecule has 17 N–H and O–H groups in total. The summed E-state index contributed by atoms with van der Waals surface area (Å²) >= 11 is 25.6. The van der Waals surface area contributed by atoms with Crippen molar-refractivity contribution in [3.8, 4) is 11.5 Å². The predicted octanol–water partition coefficient (Wildman–Crippen LogP) is 0.634. The number of amides is 2. The zero-order chi connectivity index (χ0) is 104. The van der Waals surface area contributed by atoms with Gasteiger partial charge in [0.1, 0.15) is 43.1 Å². The molecule has 815 valence electrons. The van der Waals surface area contributed by atoms with Crippen LogP contribution >= 0.6 is 73.9 Å². The van der Waals surface area contributed by atoms with Crippen LogP contribution < -0.4 is 79.7 Å². The second kappa shape index (κ2) is 129. The SMILES string of the molecule is C.C1CCOC1.C1CCOC1.CB(O)N[C@@H](CO)C(=O)O.CC(=O)N=O.CN[C@@H](COCCOC)C(C)=O.COCCBr.COCCO.COCCOC(=O)Cl.COCCOC(=O)Oc1ccc(C[C@H](C)C(=O)O)cc1.COCCOC[C@@H](C(=O)O)[N+]1=C[B]O1.COCCOC[C@@H]1NC(=O)OC1=O.COCCOC[C@H](C)C(=O)O.C[C@@H](Cc1ccc(O)cc1)C(=O)O.O.O=C(Cl)Cl.O=C(Cl)Cl.[ClH2+].[NH2-].[Na+].[Na+].[OH-]. The molecule has 4 heterocycles. The van der Waals surface area contributed by atoms with E-state index in [1.807, 2.05) is 5.18 Å². The fraction of sp³-hybridized carbons (Fsp3) is 0.675. The molecule has 3 saturated heterocycles. The summed E-state index contributed by atoms with van der Waals surface area (Å²) in [5.41, 5.74) is 0.995. The number of cyclic esters (lactones) is 2. The predicted molar refractivity (Wildman–Crippen MR) is 514 cm³/mol. The molecule has 0 aliphatic carbocycles. The van der Waals surface area contributed by atoms with E-state index in [0.717, 1.165) is 56.4 Å². The van der Waals surface area contributed by atoms with Gasteiger partial charge in [-0.25, -0.2) is 24.0 Å². The van der Waals surface area contributed by atoms with E-state index in [2.05, 4.69) is 102 Å². The minimum Gasteiger partial charge on any atom is -0.870 e. The normalized spacial score (nSPS) is 12.8. The summed E-state index contributed by atoms with van der Waals surface area (Å²) in [6.07, 6.45) is 6.06. The molecule has 50 nitrogen and oxygen atoms in total. The van der Waals surface area contributed by atoms with Crippen LogP contribution in [0.25, 0.3) is 6.15 Å². The third kappa shape index (κ3) is 139. The fourth-order valence-electron chi connectivity index (χ4n) is 7.40. The number of hydrogen-bond acceptors (Lipinski definition) is 40. The molecule has 2 aromatic rings. The molecular weight excluding hydrogens is 2110 g/mol. The molecule has 0 unspecified atom stereocenters. The number of carbonyl (C=O) groups is 13. The summed E-state index contributed by atoms with van der Waals surface area (Å²) < 4.78 is 90.0. The van der Waals surface area contributed by atoms with Crippen molar-refractivity contribution in [3.63, 3.8) is 0 Å². The number of aliphatic hydroxyl groups excluding tert-OH is 2. The smallest absolute Gasteiger partial charge is 0.870 e. The number of carboxylic acid groups (broad SMARTS) is 5. The van der Waals surface area contributed by atoms with Gasteiger partial charge < -0.3 is 169 Å². The van der Waals surface area contributed by atoms with Crippen molar-refractivity contribution >= 4 is 169 Å². The Bertz CT molecular complexity index is 3280. The first kappa shape index (κ1) is 172. The number of aliphatic hydroxyl groups is 2. The number of hydrogen-bond donors (Lipinski definition) is 12. The van der Waals surface area contributed by atoms with E-state index in [4.69, 9.17) is 138 Å². The number of ketones is 1. The number of nitrogens with two attached hydrogens (primary N) is 1. The first-order valence-corrected chi connectivity index (χ1v) is 43.1. The number of aliphatic carboxylic acids is 5. The molecule has 4 aliphatic rings. The Morgan fingerprint density at radius 2 is 0.929 bits per heavy atom. The van der Waals surface area contributed by atoms with Crippen LogP contribution in [0.5, 0.6) is 11.5 Å². The third-order valence-corrected chi connectivity index (χ3v) is 14.7. The van der Waals surface area contributed by atoms with Gasteiger partial charge in [-0.05, 0) is 153 Å². The number of alkyl carbamates (subject to hydrolysis) is 1. The number of hydroxylamine groups is 1. The molecule has 0 spiro atoms. The first-order valence-electron chi connectivity index (χ1n) is 40.1. The number of rotatable bonds is 46. The van der Waals surface area contributed by atoms with Crippen molar-refractivity contribution in [2.24, 2.45) is 22.9 Å². The van der Waals surface area contributed by atoms with Gasteiger partial charge in [0, 0.05) is 112 Å². The summed E-state index contributed by atoms with van der Waals surface area (Å²) in [6.45, 7) is 19.4. The summed E-state index contributed by atoms with van der Waals surface area (Å²) in [7, 11) is 14.8. The van der Waals surface area contributed by atoms with Crippen LogP contribution in [-0.4, -0.2) is 409 Å². The summed E-state index contributed by atoms with van der Waals surface area (Å²) in [5, 5.41) is 87.3. The number of carboxylic acids is 5. The number of methoxy groups -OCH3 is 8. The molecule has 0 saturated carbocycles. The Morgan fingerprint density at radius 3 is 1.18 bits per heavy atom. The largest absolute Gasteiger partial charge is 1.00 e. The Kier molecular flexibility index (Phi) is 157. The standard InChI is InChI=1S/C14H18O6.C10H12O3.C8H17NO3.C7H11BNO5.C7H11NO5.C7H14O4.C4H10BNO4.C4H7ClO3.2C4H8O.C3H7BrO.C3H8O2.C2H3NO2.2CCl2O.CH4.ClH2.H2N.2Na.2H2O/c1-10(13(15)16)9-11-3-5-12(6-4-11)20-14(17)19-8-7-18-2;1-7(10(12)13)6-8-2-4-9(11)5-3-8;1-7(10)8(9-2)6-12-5-4-11-3;1-12-2-3-13-4-6(7(10)11)9-5-8-14-9;1-11-2-3-12-4-5-6(9)13-7(10)8-5;1-6(7(8)9)5-11-4-3-10-2;1-5(10)6-3(2-7)4(8)9;1-7-2-3-8-4(5)6;2*1-2-4-5-3-1;2*1-5-3-2-4;1-2(4)3-5;2*2-1(3)4;;;;;;;/h3-6,10H,7-9H2,1-2H3,(H,15,16);2-5,7,11H,6H2,1H3,(H,12,13);8-9H,4-6H2,1-3H3;5-6H,2-4H2,1H3;5H,2-4H2,1H3,(H,8,10);6H,3-5H2,1-2H3,(H,8,9);3,6-7,10H,2H2,1H3,(H,8,9);2-3H2,1H3;2*1-4H2;2-3H2,1H3;4H,2-3H2,1H3;1H3;;;1H4;2*1H2;;;2*1H2/q;;;;;;;;;;;;;;;;+1;-1;2*+1;;/t10-;7-;8-;6-;5-;6-;3-;;;;;;;;;;;;;;;/m0000000.............../s1. The number of nitrogens with one attached hydrogen (secondary N) is 3. The topological polar surface area (TPSA) is 743 Å². The van der Waals surface area contributed by atoms with Crippen LogP contribution in [0.15, 0.2) is 53.7 Å². The summed E-state index contributed by atoms with van der Waals surface area (Å²) in [6, 6.07) is 10.5. The van der Waals surface area contributed by atoms with Crippen molar-refractivity contribution in [3.05, 3.63) is 70.7 Å². The van der Waals surface area contributed by atoms with Gasteiger partial charge in [-0.3, -0.25) is 38.4 Å². The van der Waals surface area contributed by atoms with Crippen molar-refractivity contribution < 1.29 is 285 Å². The van der Waals surface area contributed by atoms with Gasteiger partial charge >= 0.3 is 143 Å². The zero-order valence-electron chi connectivity index (χ0n) is 81.9. The second-order valence-corrected chi connectivity index (χ2v) is 28.3. The number of ether oxygens (including phenoxy) is 18. The average Bonchev–Trinajstić information content (AvgIpc) is 1.74. The molecule has 3 fully saturated rings. The van der Waals surface area contributed by atoms with Gasteiger partial charge in [-0.15, -0.1) is 4.91 Å². The number of phenols is 1. The molecule has 1 radical (unpaired) electrons. The molecule has 0 aromatic heterocycles. The number of Topliss-reactive ketones (excluding diaryl/α,β-unsaturated/α-hetero) is 1. The Labute approximate surface area is 908 Å². The Balaban J connectivity index is -0.0000000864. The second-order valence-electron chi connectivity index (χ2n) is 25.5. The number of nitroso groups, excluding NO2 is 1. The maximum Gasteiger partial charge on any atom is 1.00 e. The molecule has 0 bridgehead atoms. The van der Waals surface area contributed by atoms with E-state index in [0.29, 0.717) is 97.9 Å². The number of halogens is 7. The quantitative estimate of drug-likeness (QED) is 0.00413. The number of likely N-dealkylation sites (N-methyl/N-ethyl adjacent to an activating group) is 1. The maximum absolute atomic E-state index is 11.3. The minimum atomic E-state index is -1.18. The third-order valence-electron chi connectivity index (χ3n) is 14.2. The number of esters is 1. The molecule has 2 amide bonds. The van der Waals surface area contributed by atoms with Gasteiger partial charge in [0.05, 0.1) is 149 Å². The van der Waals surface area contributed by atoms with Gasteiger partial charge in [-0.1, -0.05) is 61.5 Å². The van der Waals surface area contributed by atoms with Gasteiger partial charge in [0.15, 0.2) is 6.04 Å². The van der Waals surface area contributed by atoms with E-state index in [-0.39, 0.29) is 159 Å². The number of benzene rings is 2. The van der Waals surface area contributed by atoms with E-state index in [9.17, 15) is 52.7 Å². The van der Waals surface area contributed by atoms with Crippen LogP contribution in [0.1, 0.15) is 78.9 Å². The van der Waals surface area contributed by atoms with E-state index >= 15 is 0 Å². The molecule has 2 aromatic carbocycles. The monoisotopic (exact) mass is 2250 g/mol. The van der Waals surface area contributed by atoms with E-state index < -0.39 is 112 Å². The average molecular weight is 2260 g/mol. The summed E-state index contributed by atoms with van der Waals surface area (Å²) in [4.78, 5) is 142. The van der Waals surface area contributed by atoms with Gasteiger partial charge in [0.25, 0.3) is 5.91 Å². The maximum atomic E-state index is 11.3. The van der Waals surface area contributed by atoms with E-state index in [1.165, 1.54) is 58.9 Å². The van der Waals surface area contributed by atoms with E-state index in [1.54, 1.807) is 132 Å². The number of alkyl halides is 1. The molecule has 6 rings (SSSR count). The molecular formula is C80H146B2BrCl6N6Na2O44+2. The van der Waals surface area contributed by atoms with Gasteiger partial charge in [0.2, 0.25) is 6.11 Å². The number of phenolic OH excluding ortho intramolecular Hbond substituents is 1. The molecule has 4 aliphatic heterocycles.